The number of pyridine rings is 2. The maximum atomic E-state index is 13.5. The molecule has 0 aliphatic carbocycles. The van der Waals surface area contributed by atoms with E-state index in [-0.39, 0.29) is 4.90 Å². The van der Waals surface area contributed by atoms with E-state index in [0.29, 0.717) is 37.8 Å². The average Bonchev–Trinajstić information content (AvgIpc) is 2.84. The number of hydrogen-bond acceptors (Lipinski definition) is 8. The van der Waals surface area contributed by atoms with Gasteiger partial charge in [-0.25, -0.2) is 13.4 Å². The molecule has 4 rings (SSSR count). The van der Waals surface area contributed by atoms with Crippen LogP contribution in [0.15, 0.2) is 59.9 Å². The molecule has 0 spiro atoms. The molecule has 3 aromatic rings. The maximum Gasteiger partial charge on any atom is 0.265 e. The molecule has 0 amide bonds. The van der Waals surface area contributed by atoms with Gasteiger partial charge >= 0.3 is 0 Å². The highest BCUT2D eigenvalue weighted by Crippen LogP contribution is 2.29. The Balaban J connectivity index is 1.61. The molecule has 9 nitrogen and oxygen atoms in total. The molecule has 2 aromatic heterocycles. The molecule has 0 unspecified atom stereocenters. The Bertz CT molecular complexity index is 1260. The number of morpholine rings is 1. The molecule has 1 fully saturated rings. The fraction of sp³-hybridized carbons (Fsp3) is 0.360. The van der Waals surface area contributed by atoms with E-state index in [2.05, 4.69) is 36.6 Å². The maximum absolute atomic E-state index is 13.5. The molecular weight excluding hydrogens is 464 g/mol. The largest absolute Gasteiger partial charge is 0.378 e. The van der Waals surface area contributed by atoms with Gasteiger partial charge in [-0.2, -0.15) is 0 Å². The lowest BCUT2D eigenvalue weighted by Crippen LogP contribution is -2.36. The highest BCUT2D eigenvalue weighted by atomic mass is 32.2. The van der Waals surface area contributed by atoms with Gasteiger partial charge in [0.1, 0.15) is 10.7 Å². The highest BCUT2D eigenvalue weighted by molar-refractivity contribution is 7.92. The number of benzene rings is 1. The van der Waals surface area contributed by atoms with E-state index in [1.54, 1.807) is 43.5 Å². The SMILES string of the molecule is CN(C)Cc1ccc(-c2cncc(NS(=O)(=O)c3cc(N4CCOCC4)cnc3N(C)C)c2)cc1. The summed E-state index contributed by atoms with van der Waals surface area (Å²) in [5.41, 5.74) is 4.14. The van der Waals surface area contributed by atoms with Crippen molar-refractivity contribution < 1.29 is 13.2 Å². The van der Waals surface area contributed by atoms with Crippen LogP contribution in [0.25, 0.3) is 11.1 Å². The summed E-state index contributed by atoms with van der Waals surface area (Å²) in [4.78, 5) is 14.7. The second-order valence-corrected chi connectivity index (χ2v) is 10.7. The van der Waals surface area contributed by atoms with Crippen molar-refractivity contribution in [2.45, 2.75) is 11.4 Å². The lowest BCUT2D eigenvalue weighted by Gasteiger charge is -2.29. The Hall–Kier alpha value is -3.21. The van der Waals surface area contributed by atoms with Crippen molar-refractivity contribution >= 4 is 27.2 Å². The van der Waals surface area contributed by atoms with Crippen LogP contribution >= 0.6 is 0 Å². The summed E-state index contributed by atoms with van der Waals surface area (Å²) in [5.74, 6) is 0.370. The predicted octanol–water partition coefficient (Wildman–Crippen LogP) is 2.91. The van der Waals surface area contributed by atoms with E-state index in [0.717, 1.165) is 23.4 Å². The topological polar surface area (TPSA) is 90.9 Å². The summed E-state index contributed by atoms with van der Waals surface area (Å²) in [6.45, 7) is 3.43. The van der Waals surface area contributed by atoms with Gasteiger partial charge in [0.05, 0.1) is 37.0 Å². The van der Waals surface area contributed by atoms with Gasteiger partial charge in [-0.1, -0.05) is 24.3 Å². The molecular formula is C25H32N6O3S. The summed E-state index contributed by atoms with van der Waals surface area (Å²) in [6, 6.07) is 11.6. The van der Waals surface area contributed by atoms with E-state index in [9.17, 15) is 8.42 Å². The van der Waals surface area contributed by atoms with Crippen molar-refractivity contribution in [3.05, 3.63) is 60.6 Å². The molecule has 0 bridgehead atoms. The minimum atomic E-state index is -3.93. The van der Waals surface area contributed by atoms with Gasteiger partial charge in [0, 0.05) is 45.5 Å². The Morgan fingerprint density at radius 1 is 0.971 bits per heavy atom. The van der Waals surface area contributed by atoms with Gasteiger partial charge in [0.15, 0.2) is 0 Å². The van der Waals surface area contributed by atoms with Gasteiger partial charge in [0.25, 0.3) is 10.0 Å². The van der Waals surface area contributed by atoms with Crippen molar-refractivity contribution in [1.29, 1.82) is 0 Å². The number of sulfonamides is 1. The molecule has 35 heavy (non-hydrogen) atoms. The highest BCUT2D eigenvalue weighted by Gasteiger charge is 2.24. The smallest absolute Gasteiger partial charge is 0.265 e. The summed E-state index contributed by atoms with van der Waals surface area (Å²) in [7, 11) is 3.68. The van der Waals surface area contributed by atoms with Crippen LogP contribution in [0.2, 0.25) is 0 Å². The lowest BCUT2D eigenvalue weighted by atomic mass is 10.1. The van der Waals surface area contributed by atoms with E-state index in [1.165, 1.54) is 11.8 Å². The zero-order valence-corrected chi connectivity index (χ0v) is 21.4. The predicted molar refractivity (Wildman–Crippen MR) is 139 cm³/mol. The number of anilines is 3. The third-order valence-electron chi connectivity index (χ3n) is 5.68. The molecule has 0 radical (unpaired) electrons. The standard InChI is InChI=1S/C25H32N6O3S/c1-29(2)18-19-5-7-20(8-6-19)21-13-22(16-26-15-21)28-35(32,33)24-14-23(17-27-25(24)30(3)4)31-9-11-34-12-10-31/h5-8,13-17,28H,9-12,18H2,1-4H3. The number of hydrogen-bond donors (Lipinski definition) is 1. The molecule has 0 atom stereocenters. The third kappa shape index (κ3) is 6.08. The zero-order chi connectivity index (χ0) is 25.0. The fourth-order valence-corrected chi connectivity index (χ4v) is 5.27. The molecule has 1 saturated heterocycles. The minimum Gasteiger partial charge on any atom is -0.378 e. The Morgan fingerprint density at radius 2 is 1.69 bits per heavy atom. The van der Waals surface area contributed by atoms with Crippen LogP contribution in [0.5, 0.6) is 0 Å². The van der Waals surface area contributed by atoms with Gasteiger partial charge < -0.3 is 19.4 Å². The Kier molecular flexibility index (Phi) is 7.54. The summed E-state index contributed by atoms with van der Waals surface area (Å²) < 4.78 is 35.1. The molecule has 1 aliphatic heterocycles. The molecule has 3 heterocycles. The molecule has 1 aromatic carbocycles. The van der Waals surface area contributed by atoms with E-state index < -0.39 is 10.0 Å². The van der Waals surface area contributed by atoms with Crippen LogP contribution in [0, 0.1) is 0 Å². The van der Waals surface area contributed by atoms with E-state index >= 15 is 0 Å². The van der Waals surface area contributed by atoms with Crippen molar-refractivity contribution in [3.8, 4) is 11.1 Å². The van der Waals surface area contributed by atoms with E-state index in [1.807, 2.05) is 26.2 Å². The third-order valence-corrected chi connectivity index (χ3v) is 7.07. The van der Waals surface area contributed by atoms with Crippen molar-refractivity contribution in [1.82, 2.24) is 14.9 Å². The minimum absolute atomic E-state index is 0.116. The number of aromatic nitrogens is 2. The van der Waals surface area contributed by atoms with Crippen LogP contribution < -0.4 is 14.5 Å². The van der Waals surface area contributed by atoms with Crippen LogP contribution in [0.1, 0.15) is 5.56 Å². The fourth-order valence-electron chi connectivity index (χ4n) is 3.99. The molecule has 1 aliphatic rings. The average molecular weight is 497 g/mol. The number of nitrogens with zero attached hydrogens (tertiary/aromatic N) is 5. The summed E-state index contributed by atoms with van der Waals surface area (Å²) in [6.07, 6.45) is 4.95. The zero-order valence-electron chi connectivity index (χ0n) is 20.6. The Labute approximate surface area is 207 Å². The van der Waals surface area contributed by atoms with Gasteiger partial charge in [0.2, 0.25) is 0 Å². The first kappa shape index (κ1) is 24.9. The summed E-state index contributed by atoms with van der Waals surface area (Å²) in [5, 5.41) is 0. The molecule has 186 valence electrons. The van der Waals surface area contributed by atoms with Crippen LogP contribution in [-0.2, 0) is 21.3 Å². The second-order valence-electron chi connectivity index (χ2n) is 9.01. The van der Waals surface area contributed by atoms with Gasteiger partial charge in [-0.3, -0.25) is 9.71 Å². The quantitative estimate of drug-likeness (QED) is 0.509. The van der Waals surface area contributed by atoms with Crippen LogP contribution in [-0.4, -0.2) is 77.8 Å². The monoisotopic (exact) mass is 496 g/mol. The van der Waals surface area contributed by atoms with Crippen LogP contribution in [0.3, 0.4) is 0 Å². The Morgan fingerprint density at radius 3 is 2.34 bits per heavy atom. The first-order valence-corrected chi connectivity index (χ1v) is 12.9. The van der Waals surface area contributed by atoms with Gasteiger partial charge in [-0.05, 0) is 37.4 Å². The number of nitrogens with one attached hydrogen (secondary N) is 1. The molecule has 0 saturated carbocycles. The first-order valence-electron chi connectivity index (χ1n) is 11.4. The number of ether oxygens (including phenoxy) is 1. The normalized spacial score (nSPS) is 14.3. The number of rotatable bonds is 8. The van der Waals surface area contributed by atoms with Crippen LogP contribution in [0.4, 0.5) is 17.2 Å². The summed E-state index contributed by atoms with van der Waals surface area (Å²) >= 11 is 0. The van der Waals surface area contributed by atoms with E-state index in [4.69, 9.17) is 4.74 Å². The lowest BCUT2D eigenvalue weighted by molar-refractivity contribution is 0.122. The first-order chi connectivity index (χ1) is 16.7. The van der Waals surface area contributed by atoms with Crippen molar-refractivity contribution in [3.63, 3.8) is 0 Å². The van der Waals surface area contributed by atoms with Crippen molar-refractivity contribution in [2.75, 3.05) is 69.0 Å². The van der Waals surface area contributed by atoms with Crippen molar-refractivity contribution in [2.24, 2.45) is 0 Å². The molecule has 1 N–H and O–H groups in total. The second kappa shape index (κ2) is 10.6. The van der Waals surface area contributed by atoms with Gasteiger partial charge in [-0.15, -0.1) is 0 Å². The molecule has 10 heteroatoms.